The first kappa shape index (κ1) is 25.3. The molecule has 0 amide bonds. The van der Waals surface area contributed by atoms with Crippen molar-refractivity contribution < 1.29 is 22.3 Å². The third kappa shape index (κ3) is 5.56. The Balaban J connectivity index is 1.70. The molecule has 9 nitrogen and oxygen atoms in total. The third-order valence-corrected chi connectivity index (χ3v) is 6.95. The van der Waals surface area contributed by atoms with Crippen molar-refractivity contribution in [3.8, 4) is 17.7 Å². The monoisotopic (exact) mass is 511 g/mol. The van der Waals surface area contributed by atoms with Crippen molar-refractivity contribution in [1.82, 2.24) is 15.0 Å². The van der Waals surface area contributed by atoms with E-state index in [1.165, 1.54) is 37.8 Å². The van der Waals surface area contributed by atoms with Crippen LogP contribution in [0.2, 0.25) is 0 Å². The zero-order valence-corrected chi connectivity index (χ0v) is 21.0. The number of rotatable bonds is 6. The van der Waals surface area contributed by atoms with Gasteiger partial charge >= 0.3 is 0 Å². The summed E-state index contributed by atoms with van der Waals surface area (Å²) in [5, 5.41) is 0. The Morgan fingerprint density at radius 2 is 1.94 bits per heavy atom. The molecule has 0 unspecified atom stereocenters. The van der Waals surface area contributed by atoms with Crippen LogP contribution in [0.1, 0.15) is 29.3 Å². The molecule has 3 aromatic rings. The van der Waals surface area contributed by atoms with Crippen LogP contribution in [0.5, 0.6) is 5.88 Å². The maximum absolute atomic E-state index is 14.4. The molecule has 3 heterocycles. The van der Waals surface area contributed by atoms with Gasteiger partial charge in [-0.1, -0.05) is 24.8 Å². The standard InChI is InChI=1S/C25H26FN5O4S/c1-4-21-19(24(29-16-28-21)31-9-11-35-12-10-31)7-6-18-14-22(25(34-3)27-15-18)30-36(32,33)23-8-5-17(2)13-20(23)26/h5,8,13-16,30H,4,9-12H2,1-3H3. The fourth-order valence-electron chi connectivity index (χ4n) is 3.74. The lowest BCUT2D eigenvalue weighted by Gasteiger charge is -2.28. The summed E-state index contributed by atoms with van der Waals surface area (Å²) < 4.78 is 53.2. The quantitative estimate of drug-likeness (QED) is 0.504. The van der Waals surface area contributed by atoms with Gasteiger partial charge in [0.05, 0.1) is 31.6 Å². The summed E-state index contributed by atoms with van der Waals surface area (Å²) in [6, 6.07) is 5.39. The average Bonchev–Trinajstić information content (AvgIpc) is 2.87. The molecule has 2 aromatic heterocycles. The van der Waals surface area contributed by atoms with Gasteiger partial charge in [0.2, 0.25) is 5.88 Å². The number of anilines is 2. The van der Waals surface area contributed by atoms with Gasteiger partial charge in [-0.2, -0.15) is 0 Å². The predicted molar refractivity (Wildman–Crippen MR) is 133 cm³/mol. The van der Waals surface area contributed by atoms with Gasteiger partial charge in [-0.25, -0.2) is 27.8 Å². The second-order valence-corrected chi connectivity index (χ2v) is 9.69. The molecule has 0 radical (unpaired) electrons. The molecular formula is C25H26FN5O4S. The van der Waals surface area contributed by atoms with Crippen molar-refractivity contribution in [3.63, 3.8) is 0 Å². The molecule has 1 aromatic carbocycles. The number of methoxy groups -OCH3 is 1. The van der Waals surface area contributed by atoms with E-state index >= 15 is 0 Å². The lowest BCUT2D eigenvalue weighted by atomic mass is 10.1. The number of morpholine rings is 1. The molecule has 1 fully saturated rings. The highest BCUT2D eigenvalue weighted by molar-refractivity contribution is 7.92. The van der Waals surface area contributed by atoms with Crippen molar-refractivity contribution in [1.29, 1.82) is 0 Å². The number of nitrogens with zero attached hydrogens (tertiary/aromatic N) is 4. The van der Waals surface area contributed by atoms with Gasteiger partial charge in [0.15, 0.2) is 0 Å². The maximum Gasteiger partial charge on any atom is 0.264 e. The minimum atomic E-state index is -4.24. The van der Waals surface area contributed by atoms with Crippen LogP contribution in [0.4, 0.5) is 15.9 Å². The molecule has 1 N–H and O–H groups in total. The van der Waals surface area contributed by atoms with Crippen LogP contribution in [0.25, 0.3) is 0 Å². The van der Waals surface area contributed by atoms with Gasteiger partial charge in [0, 0.05) is 24.8 Å². The highest BCUT2D eigenvalue weighted by Crippen LogP contribution is 2.27. The van der Waals surface area contributed by atoms with E-state index in [0.29, 0.717) is 49.4 Å². The van der Waals surface area contributed by atoms with Crippen LogP contribution in [0, 0.1) is 24.6 Å². The summed E-state index contributed by atoms with van der Waals surface area (Å²) in [4.78, 5) is 14.6. The van der Waals surface area contributed by atoms with Crippen LogP contribution in [0.15, 0.2) is 41.7 Å². The van der Waals surface area contributed by atoms with Gasteiger partial charge in [-0.15, -0.1) is 0 Å². The van der Waals surface area contributed by atoms with E-state index in [0.717, 1.165) is 17.6 Å². The topological polar surface area (TPSA) is 107 Å². The first-order valence-corrected chi connectivity index (χ1v) is 12.8. The van der Waals surface area contributed by atoms with Crippen molar-refractivity contribution in [3.05, 3.63) is 65.0 Å². The molecule has 11 heteroatoms. The van der Waals surface area contributed by atoms with Crippen molar-refractivity contribution in [2.24, 2.45) is 0 Å². The number of pyridine rings is 1. The molecule has 0 bridgehead atoms. The lowest BCUT2D eigenvalue weighted by Crippen LogP contribution is -2.37. The highest BCUT2D eigenvalue weighted by atomic mass is 32.2. The van der Waals surface area contributed by atoms with Crippen LogP contribution in [-0.4, -0.2) is 56.8 Å². The van der Waals surface area contributed by atoms with Gasteiger partial charge < -0.3 is 14.4 Å². The Kier molecular flexibility index (Phi) is 7.67. The summed E-state index contributed by atoms with van der Waals surface area (Å²) in [7, 11) is -2.88. The molecule has 0 aliphatic carbocycles. The fraction of sp³-hybridized carbons (Fsp3) is 0.320. The SMILES string of the molecule is CCc1ncnc(N2CCOCC2)c1C#Cc1cnc(OC)c(NS(=O)(=O)c2ccc(C)cc2F)c1. The Hall–Kier alpha value is -3.75. The van der Waals surface area contributed by atoms with Gasteiger partial charge in [0.1, 0.15) is 28.5 Å². The number of ether oxygens (including phenoxy) is 2. The number of hydrogen-bond donors (Lipinski definition) is 1. The van der Waals surface area contributed by atoms with E-state index < -0.39 is 20.7 Å². The van der Waals surface area contributed by atoms with Crippen molar-refractivity contribution >= 4 is 21.5 Å². The van der Waals surface area contributed by atoms with Crippen LogP contribution in [-0.2, 0) is 21.2 Å². The zero-order valence-electron chi connectivity index (χ0n) is 20.2. The number of halogens is 1. The number of aryl methyl sites for hydroxylation is 2. The third-order valence-electron chi connectivity index (χ3n) is 5.55. The molecule has 0 saturated carbocycles. The van der Waals surface area contributed by atoms with E-state index in [2.05, 4.69) is 36.4 Å². The normalized spacial score (nSPS) is 13.6. The van der Waals surface area contributed by atoms with E-state index in [9.17, 15) is 12.8 Å². The van der Waals surface area contributed by atoms with Crippen molar-refractivity contribution in [2.45, 2.75) is 25.2 Å². The smallest absolute Gasteiger partial charge is 0.264 e. The maximum atomic E-state index is 14.4. The Morgan fingerprint density at radius 1 is 1.17 bits per heavy atom. The number of hydrogen-bond acceptors (Lipinski definition) is 8. The Bertz CT molecular complexity index is 1430. The second-order valence-electron chi connectivity index (χ2n) is 8.04. The average molecular weight is 512 g/mol. The first-order chi connectivity index (χ1) is 17.3. The molecular weight excluding hydrogens is 485 g/mol. The summed E-state index contributed by atoms with van der Waals surface area (Å²) in [5.74, 6) is 6.09. The fourth-order valence-corrected chi connectivity index (χ4v) is 4.85. The van der Waals surface area contributed by atoms with E-state index in [4.69, 9.17) is 9.47 Å². The predicted octanol–water partition coefficient (Wildman–Crippen LogP) is 2.93. The van der Waals surface area contributed by atoms with E-state index in [-0.39, 0.29) is 11.6 Å². The minimum absolute atomic E-state index is 0.0305. The second kappa shape index (κ2) is 10.9. The van der Waals surface area contributed by atoms with Crippen LogP contribution < -0.4 is 14.4 Å². The van der Waals surface area contributed by atoms with Crippen LogP contribution in [0.3, 0.4) is 0 Å². The largest absolute Gasteiger partial charge is 0.479 e. The van der Waals surface area contributed by atoms with Gasteiger partial charge in [0.25, 0.3) is 10.0 Å². The molecule has 188 valence electrons. The molecule has 36 heavy (non-hydrogen) atoms. The van der Waals surface area contributed by atoms with Gasteiger partial charge in [-0.3, -0.25) is 4.72 Å². The number of benzene rings is 1. The van der Waals surface area contributed by atoms with Gasteiger partial charge in [-0.05, 0) is 37.1 Å². The molecule has 0 spiro atoms. The highest BCUT2D eigenvalue weighted by Gasteiger charge is 2.22. The first-order valence-electron chi connectivity index (χ1n) is 11.3. The molecule has 4 rings (SSSR count). The van der Waals surface area contributed by atoms with Crippen molar-refractivity contribution in [2.75, 3.05) is 43.0 Å². The summed E-state index contributed by atoms with van der Waals surface area (Å²) in [5.41, 5.74) is 2.57. The molecule has 1 aliphatic rings. The van der Waals surface area contributed by atoms with E-state index in [1.54, 1.807) is 6.92 Å². The molecule has 1 aliphatic heterocycles. The Morgan fingerprint density at radius 3 is 2.64 bits per heavy atom. The Labute approximate surface area is 209 Å². The lowest BCUT2D eigenvalue weighted by molar-refractivity contribution is 0.122. The zero-order chi connectivity index (χ0) is 25.7. The number of sulfonamides is 1. The summed E-state index contributed by atoms with van der Waals surface area (Å²) in [6.07, 6.45) is 3.67. The molecule has 0 atom stereocenters. The van der Waals surface area contributed by atoms with Crippen LogP contribution >= 0.6 is 0 Å². The number of nitrogens with one attached hydrogen (secondary N) is 1. The minimum Gasteiger partial charge on any atom is -0.479 e. The molecule has 1 saturated heterocycles. The summed E-state index contributed by atoms with van der Waals surface area (Å²) >= 11 is 0. The summed E-state index contributed by atoms with van der Waals surface area (Å²) in [6.45, 7) is 6.26. The number of aromatic nitrogens is 3. The van der Waals surface area contributed by atoms with E-state index in [1.807, 2.05) is 6.92 Å².